The summed E-state index contributed by atoms with van der Waals surface area (Å²) in [5.41, 5.74) is -0.170. The molecule has 2 amide bonds. The summed E-state index contributed by atoms with van der Waals surface area (Å²) >= 11 is 0. The molecule has 2 aromatic rings. The fourth-order valence-electron chi connectivity index (χ4n) is 4.59. The van der Waals surface area contributed by atoms with E-state index in [-0.39, 0.29) is 29.7 Å². The maximum absolute atomic E-state index is 14.4. The molecule has 0 saturated carbocycles. The van der Waals surface area contributed by atoms with Crippen LogP contribution in [-0.2, 0) is 0 Å². The van der Waals surface area contributed by atoms with Crippen molar-refractivity contribution in [2.24, 2.45) is 5.92 Å². The number of tetrazole rings is 1. The Morgan fingerprint density at radius 2 is 2.06 bits per heavy atom. The second-order valence-corrected chi connectivity index (χ2v) is 7.83. The number of ether oxygens (including phenoxy) is 1. The van der Waals surface area contributed by atoms with E-state index in [2.05, 4.69) is 42.5 Å². The first-order valence-electron chi connectivity index (χ1n) is 9.75. The highest BCUT2D eigenvalue weighted by molar-refractivity contribution is 5.92. The Balaban J connectivity index is 1.48. The summed E-state index contributed by atoms with van der Waals surface area (Å²) in [6.45, 7) is 2.09. The first-order chi connectivity index (χ1) is 14.6. The van der Waals surface area contributed by atoms with Crippen molar-refractivity contribution in [1.29, 1.82) is 0 Å². The predicted molar refractivity (Wildman–Crippen MR) is 101 cm³/mol. The summed E-state index contributed by atoms with van der Waals surface area (Å²) in [6, 6.07) is 2.04. The van der Waals surface area contributed by atoms with Crippen LogP contribution in [0.15, 0.2) is 18.2 Å². The van der Waals surface area contributed by atoms with Crippen molar-refractivity contribution in [1.82, 2.24) is 25.9 Å². The van der Waals surface area contributed by atoms with E-state index in [1.54, 1.807) is 0 Å². The quantitative estimate of drug-likeness (QED) is 0.706. The van der Waals surface area contributed by atoms with Gasteiger partial charge in [0.1, 0.15) is 5.75 Å². The Hall–Kier alpha value is -3.12. The van der Waals surface area contributed by atoms with Gasteiger partial charge in [0.05, 0.1) is 17.8 Å². The highest BCUT2D eigenvalue weighted by atomic mass is 19.4. The molecular formula is C18H21F4N7O2. The van der Waals surface area contributed by atoms with Gasteiger partial charge in [-0.25, -0.2) is 14.3 Å². The Bertz CT molecular complexity index is 939. The molecule has 2 bridgehead atoms. The van der Waals surface area contributed by atoms with E-state index in [0.717, 1.165) is 36.3 Å². The van der Waals surface area contributed by atoms with E-state index in [4.69, 9.17) is 0 Å². The van der Waals surface area contributed by atoms with Gasteiger partial charge in [-0.2, -0.15) is 0 Å². The number of hydrogen-bond acceptors (Lipinski definition) is 6. The number of carbonyl (C=O) groups is 1. The lowest BCUT2D eigenvalue weighted by atomic mass is 9.88. The summed E-state index contributed by atoms with van der Waals surface area (Å²) < 4.78 is 55.0. The Morgan fingerprint density at radius 1 is 1.32 bits per heavy atom. The van der Waals surface area contributed by atoms with E-state index < -0.39 is 24.0 Å². The van der Waals surface area contributed by atoms with E-state index in [0.29, 0.717) is 12.0 Å². The van der Waals surface area contributed by atoms with E-state index in [9.17, 15) is 22.4 Å². The van der Waals surface area contributed by atoms with Crippen LogP contribution < -0.4 is 19.9 Å². The molecule has 4 rings (SSSR count). The first kappa shape index (κ1) is 21.1. The normalized spacial score (nSPS) is 25.4. The number of H-pyrrole nitrogens is 1. The van der Waals surface area contributed by atoms with Crippen molar-refractivity contribution < 1.29 is 27.1 Å². The zero-order valence-electron chi connectivity index (χ0n) is 16.7. The van der Waals surface area contributed by atoms with Crippen molar-refractivity contribution >= 4 is 17.7 Å². The first-order valence-corrected chi connectivity index (χ1v) is 9.75. The second kappa shape index (κ2) is 7.85. The van der Waals surface area contributed by atoms with Crippen molar-refractivity contribution in [3.05, 3.63) is 24.0 Å². The predicted octanol–water partition coefficient (Wildman–Crippen LogP) is 2.83. The van der Waals surface area contributed by atoms with Crippen molar-refractivity contribution in [3.8, 4) is 5.75 Å². The Labute approximate surface area is 174 Å². The number of aromatic amines is 1. The monoisotopic (exact) mass is 443 g/mol. The lowest BCUT2D eigenvalue weighted by Gasteiger charge is -2.43. The van der Waals surface area contributed by atoms with Gasteiger partial charge in [0.15, 0.2) is 5.82 Å². The van der Waals surface area contributed by atoms with Gasteiger partial charge in [-0.05, 0) is 47.7 Å². The molecule has 4 atom stereocenters. The maximum atomic E-state index is 14.4. The molecular weight excluding hydrogens is 422 g/mol. The zero-order chi connectivity index (χ0) is 22.3. The number of hydrogen-bond donors (Lipinski definition) is 2. The van der Waals surface area contributed by atoms with Crippen LogP contribution in [0.4, 0.5) is 34.0 Å². The van der Waals surface area contributed by atoms with Gasteiger partial charge in [0.2, 0.25) is 5.95 Å². The number of piperidine rings is 1. The van der Waals surface area contributed by atoms with Gasteiger partial charge >= 0.3 is 12.4 Å². The molecule has 31 heavy (non-hydrogen) atoms. The minimum atomic E-state index is -4.93. The fraction of sp³-hybridized carbons (Fsp3) is 0.556. The van der Waals surface area contributed by atoms with Crippen molar-refractivity contribution in [2.45, 2.75) is 50.7 Å². The molecule has 1 aromatic carbocycles. The number of anilines is 2. The number of amides is 2. The topological polar surface area (TPSA) is 99.3 Å². The van der Waals surface area contributed by atoms with Crippen molar-refractivity contribution in [2.75, 3.05) is 16.8 Å². The number of benzene rings is 1. The SMILES string of the molecule is C[C@@H]1C[C@@H](NC(=O)N(C)c2ccc(OC(F)(F)F)cc2F)[C@H]2CC[C@@H]1N2c1nnn[nH]1. The number of alkyl halides is 3. The number of nitrogens with zero attached hydrogens (tertiary/aromatic N) is 5. The average molecular weight is 443 g/mol. The lowest BCUT2D eigenvalue weighted by Crippen LogP contribution is -2.59. The van der Waals surface area contributed by atoms with Crippen LogP contribution >= 0.6 is 0 Å². The molecule has 0 aliphatic carbocycles. The molecule has 2 saturated heterocycles. The van der Waals surface area contributed by atoms with Crippen molar-refractivity contribution in [3.63, 3.8) is 0 Å². The molecule has 9 nitrogen and oxygen atoms in total. The van der Waals surface area contributed by atoms with Gasteiger partial charge in [0.25, 0.3) is 0 Å². The number of urea groups is 1. The number of carbonyl (C=O) groups excluding carboxylic acids is 1. The third-order valence-electron chi connectivity index (χ3n) is 5.93. The summed E-state index contributed by atoms with van der Waals surface area (Å²) in [4.78, 5) is 15.9. The second-order valence-electron chi connectivity index (χ2n) is 7.83. The van der Waals surface area contributed by atoms with Gasteiger partial charge < -0.3 is 15.0 Å². The molecule has 0 spiro atoms. The molecule has 0 unspecified atom stereocenters. The number of fused-ring (bicyclic) bond motifs is 2. The van der Waals surface area contributed by atoms with Crippen LogP contribution in [-0.4, -0.2) is 58.2 Å². The molecule has 2 fully saturated rings. The van der Waals surface area contributed by atoms with Gasteiger partial charge in [-0.3, -0.25) is 4.90 Å². The highest BCUT2D eigenvalue weighted by Gasteiger charge is 2.48. The zero-order valence-corrected chi connectivity index (χ0v) is 16.7. The third kappa shape index (κ3) is 4.21. The average Bonchev–Trinajstić information content (AvgIpc) is 3.32. The molecule has 2 aliphatic rings. The van der Waals surface area contributed by atoms with Gasteiger partial charge in [-0.15, -0.1) is 13.2 Å². The van der Waals surface area contributed by atoms with Crippen LogP contribution in [0.2, 0.25) is 0 Å². The highest BCUT2D eigenvalue weighted by Crippen LogP contribution is 2.41. The standard InChI is InChI=1S/C18H21F4N7O2/c1-9-7-12(15-6-5-13(9)29(15)16-24-26-27-25-16)23-17(30)28(2)14-4-3-10(8-11(14)19)31-18(20,21)22/h3-4,8-9,12-13,15H,5-7H2,1-2H3,(H,23,30)(H,24,25,26,27)/t9-,12-,13+,15-/m1/s1. The third-order valence-corrected chi connectivity index (χ3v) is 5.93. The number of aromatic nitrogens is 4. The van der Waals surface area contributed by atoms with E-state index >= 15 is 0 Å². The largest absolute Gasteiger partial charge is 0.573 e. The summed E-state index contributed by atoms with van der Waals surface area (Å²) in [5, 5.41) is 17.0. The minimum absolute atomic E-state index is 0.0271. The molecule has 0 radical (unpaired) electrons. The fourth-order valence-corrected chi connectivity index (χ4v) is 4.59. The number of halogens is 4. The van der Waals surface area contributed by atoms with Crippen LogP contribution in [0.1, 0.15) is 26.2 Å². The molecule has 2 N–H and O–H groups in total. The Morgan fingerprint density at radius 3 is 2.71 bits per heavy atom. The van der Waals surface area contributed by atoms with Crippen LogP contribution in [0.3, 0.4) is 0 Å². The number of rotatable bonds is 4. The lowest BCUT2D eigenvalue weighted by molar-refractivity contribution is -0.274. The van der Waals surface area contributed by atoms with Gasteiger partial charge in [0, 0.05) is 19.2 Å². The molecule has 168 valence electrons. The summed E-state index contributed by atoms with van der Waals surface area (Å²) in [7, 11) is 1.35. The van der Waals surface area contributed by atoms with Crippen LogP contribution in [0, 0.1) is 11.7 Å². The van der Waals surface area contributed by atoms with E-state index in [1.807, 2.05) is 0 Å². The van der Waals surface area contributed by atoms with Crippen LogP contribution in [0.5, 0.6) is 5.75 Å². The summed E-state index contributed by atoms with van der Waals surface area (Å²) in [5.74, 6) is -0.906. The molecule has 1 aromatic heterocycles. The van der Waals surface area contributed by atoms with E-state index in [1.165, 1.54) is 7.05 Å². The molecule has 2 aliphatic heterocycles. The minimum Gasteiger partial charge on any atom is -0.406 e. The molecule has 13 heteroatoms. The maximum Gasteiger partial charge on any atom is 0.573 e. The Kier molecular flexibility index (Phi) is 5.35. The summed E-state index contributed by atoms with van der Waals surface area (Å²) in [6.07, 6.45) is -2.43. The number of nitrogens with one attached hydrogen (secondary N) is 2. The van der Waals surface area contributed by atoms with Crippen LogP contribution in [0.25, 0.3) is 0 Å². The van der Waals surface area contributed by atoms with Gasteiger partial charge in [-0.1, -0.05) is 12.0 Å². The molecule has 3 heterocycles. The smallest absolute Gasteiger partial charge is 0.406 e.